The third kappa shape index (κ3) is 3.88. The second kappa shape index (κ2) is 7.37. The molecule has 0 saturated heterocycles. The second-order valence-electron chi connectivity index (χ2n) is 4.30. The molecule has 0 aromatic carbocycles. The van der Waals surface area contributed by atoms with E-state index in [2.05, 4.69) is 9.47 Å². The first-order valence-corrected chi connectivity index (χ1v) is 6.17. The van der Waals surface area contributed by atoms with E-state index in [9.17, 15) is 9.59 Å². The van der Waals surface area contributed by atoms with Gasteiger partial charge in [-0.25, -0.2) is 14.2 Å². The van der Waals surface area contributed by atoms with Gasteiger partial charge < -0.3 is 9.47 Å². The van der Waals surface area contributed by atoms with Gasteiger partial charge in [0.25, 0.3) is 11.4 Å². The Kier molecular flexibility index (Phi) is 5.83. The Bertz CT molecular complexity index is 527. The molecule has 0 amide bonds. The second-order valence-corrected chi connectivity index (χ2v) is 4.30. The lowest BCUT2D eigenvalue weighted by Gasteiger charge is -1.93. The molecule has 2 heterocycles. The highest BCUT2D eigenvalue weighted by atomic mass is 16.5. The maximum atomic E-state index is 10.9. The highest BCUT2D eigenvalue weighted by Gasteiger charge is 2.23. The standard InChI is InChI=1S/2C7H10NO2/c2*1-8-5-3-4-6(8)7(9)10-2/h3,5H,4H2,1-2H3;3-4H,5H2,1-2H3/q2*+1. The molecule has 0 aromatic heterocycles. The maximum absolute atomic E-state index is 10.9. The molecule has 6 nitrogen and oxygen atoms in total. The minimum atomic E-state index is -0.267. The Morgan fingerprint density at radius 1 is 1.10 bits per heavy atom. The van der Waals surface area contributed by atoms with Crippen LogP contribution in [0.2, 0.25) is 0 Å². The number of carbonyl (C=O) groups is 2. The summed E-state index contributed by atoms with van der Waals surface area (Å²) in [5.74, 6) is -0.510. The minimum Gasteiger partial charge on any atom is -0.461 e. The van der Waals surface area contributed by atoms with Crippen molar-refractivity contribution in [1.29, 1.82) is 0 Å². The molecule has 2 rings (SSSR count). The third-order valence-corrected chi connectivity index (χ3v) is 2.95. The SMILES string of the molecule is COC(=O)C1=[N+](C)C=CC1.COC(=O)C1=[N+](C)CC=C1. The third-order valence-electron chi connectivity index (χ3n) is 2.95. The molecule has 0 aromatic rings. The number of carbonyl (C=O) groups excluding carboxylic acids is 2. The smallest absolute Gasteiger partial charge is 0.402 e. The van der Waals surface area contributed by atoms with Gasteiger partial charge in [-0.3, -0.25) is 0 Å². The van der Waals surface area contributed by atoms with E-state index >= 15 is 0 Å². The Balaban J connectivity index is 0.000000200. The molecule has 0 N–H and O–H groups in total. The van der Waals surface area contributed by atoms with Crippen molar-refractivity contribution in [3.8, 4) is 0 Å². The van der Waals surface area contributed by atoms with E-state index in [0.717, 1.165) is 6.54 Å². The number of likely N-dealkylation sites (N-methyl/N-ethyl adjacent to an activating group) is 1. The van der Waals surface area contributed by atoms with Gasteiger partial charge in [0.05, 0.1) is 20.6 Å². The molecule has 0 spiro atoms. The van der Waals surface area contributed by atoms with E-state index < -0.39 is 0 Å². The zero-order valence-corrected chi connectivity index (χ0v) is 12.3. The van der Waals surface area contributed by atoms with Crippen molar-refractivity contribution in [2.45, 2.75) is 6.42 Å². The largest absolute Gasteiger partial charge is 0.461 e. The number of ether oxygens (including phenoxy) is 2. The van der Waals surface area contributed by atoms with E-state index in [-0.39, 0.29) is 11.9 Å². The van der Waals surface area contributed by atoms with Crippen LogP contribution in [0.1, 0.15) is 6.42 Å². The van der Waals surface area contributed by atoms with Crippen molar-refractivity contribution in [3.63, 3.8) is 0 Å². The van der Waals surface area contributed by atoms with E-state index in [1.165, 1.54) is 14.2 Å². The molecule has 2 aliphatic heterocycles. The maximum Gasteiger partial charge on any atom is 0.402 e. The van der Waals surface area contributed by atoms with Crippen molar-refractivity contribution in [1.82, 2.24) is 0 Å². The van der Waals surface area contributed by atoms with Gasteiger partial charge in [0.15, 0.2) is 12.7 Å². The monoisotopic (exact) mass is 280 g/mol. The average Bonchev–Trinajstić information content (AvgIpc) is 3.06. The van der Waals surface area contributed by atoms with Crippen LogP contribution in [0.25, 0.3) is 0 Å². The van der Waals surface area contributed by atoms with Gasteiger partial charge in [-0.05, 0) is 12.2 Å². The highest BCUT2D eigenvalue weighted by Crippen LogP contribution is 1.99. The van der Waals surface area contributed by atoms with Crippen molar-refractivity contribution in [2.24, 2.45) is 0 Å². The van der Waals surface area contributed by atoms with E-state index in [4.69, 9.17) is 0 Å². The molecular formula is C14H20N2O4+2. The van der Waals surface area contributed by atoms with Crippen LogP contribution < -0.4 is 0 Å². The van der Waals surface area contributed by atoms with E-state index in [1.807, 2.05) is 37.0 Å². The van der Waals surface area contributed by atoms with Crippen molar-refractivity contribution >= 4 is 23.4 Å². The fraction of sp³-hybridized carbons (Fsp3) is 0.429. The summed E-state index contributed by atoms with van der Waals surface area (Å²) in [7, 11) is 6.46. The van der Waals surface area contributed by atoms with Gasteiger partial charge in [-0.1, -0.05) is 0 Å². The fourth-order valence-corrected chi connectivity index (χ4v) is 1.78. The minimum absolute atomic E-state index is 0.243. The molecule has 0 unspecified atom stereocenters. The molecular weight excluding hydrogens is 260 g/mol. The lowest BCUT2D eigenvalue weighted by atomic mass is 10.3. The quantitative estimate of drug-likeness (QED) is 0.526. The Hall–Kier alpha value is -2.24. The summed E-state index contributed by atoms with van der Waals surface area (Å²) in [6, 6.07) is 0. The molecule has 0 atom stereocenters. The summed E-state index contributed by atoms with van der Waals surface area (Å²) in [5, 5.41) is 0. The topological polar surface area (TPSA) is 58.6 Å². The Morgan fingerprint density at radius 2 is 1.75 bits per heavy atom. The summed E-state index contributed by atoms with van der Waals surface area (Å²) >= 11 is 0. The van der Waals surface area contributed by atoms with Gasteiger partial charge in [0, 0.05) is 6.08 Å². The normalized spacial score (nSPS) is 16.2. The predicted octanol–water partition coefficient (Wildman–Crippen LogP) is -0.0274. The van der Waals surface area contributed by atoms with Crippen molar-refractivity contribution in [3.05, 3.63) is 24.4 Å². The first-order valence-electron chi connectivity index (χ1n) is 6.17. The summed E-state index contributed by atoms with van der Waals surface area (Å²) in [4.78, 5) is 21.8. The van der Waals surface area contributed by atoms with Crippen LogP contribution in [0.15, 0.2) is 24.4 Å². The number of esters is 2. The molecule has 108 valence electrons. The summed E-state index contributed by atoms with van der Waals surface area (Å²) in [5.41, 5.74) is 1.32. The van der Waals surface area contributed by atoms with Crippen LogP contribution in [-0.4, -0.2) is 67.4 Å². The molecule has 0 aliphatic carbocycles. The lowest BCUT2D eigenvalue weighted by molar-refractivity contribution is -0.481. The zero-order valence-electron chi connectivity index (χ0n) is 12.3. The van der Waals surface area contributed by atoms with Crippen LogP contribution in [0.3, 0.4) is 0 Å². The van der Waals surface area contributed by atoms with Crippen LogP contribution in [0.5, 0.6) is 0 Å². The first-order chi connectivity index (χ1) is 9.51. The zero-order chi connectivity index (χ0) is 15.1. The van der Waals surface area contributed by atoms with E-state index in [1.54, 1.807) is 10.7 Å². The molecule has 20 heavy (non-hydrogen) atoms. The van der Waals surface area contributed by atoms with Gasteiger partial charge in [-0.15, -0.1) is 0 Å². The number of allylic oxidation sites excluding steroid dienone is 1. The number of methoxy groups -OCH3 is 2. The predicted molar refractivity (Wildman–Crippen MR) is 74.2 cm³/mol. The van der Waals surface area contributed by atoms with E-state index in [0.29, 0.717) is 17.8 Å². The van der Waals surface area contributed by atoms with Crippen LogP contribution in [0, 0.1) is 0 Å². The highest BCUT2D eigenvalue weighted by molar-refractivity contribution is 6.39. The number of nitrogens with zero attached hydrogens (tertiary/aromatic N) is 2. The molecule has 0 bridgehead atoms. The van der Waals surface area contributed by atoms with Crippen LogP contribution in [-0.2, 0) is 19.1 Å². The first kappa shape index (κ1) is 15.8. The van der Waals surface area contributed by atoms with Gasteiger partial charge >= 0.3 is 11.9 Å². The van der Waals surface area contributed by atoms with Crippen molar-refractivity contribution < 1.29 is 28.2 Å². The average molecular weight is 280 g/mol. The number of hydrogen-bond acceptors (Lipinski definition) is 4. The molecule has 6 heteroatoms. The Labute approximate surface area is 118 Å². The van der Waals surface area contributed by atoms with Gasteiger partial charge in [0.1, 0.15) is 14.1 Å². The Morgan fingerprint density at radius 3 is 2.15 bits per heavy atom. The number of rotatable bonds is 2. The van der Waals surface area contributed by atoms with Crippen LogP contribution >= 0.6 is 0 Å². The lowest BCUT2D eigenvalue weighted by Crippen LogP contribution is -2.21. The number of hydrogen-bond donors (Lipinski definition) is 0. The fourth-order valence-electron chi connectivity index (χ4n) is 1.78. The van der Waals surface area contributed by atoms with Gasteiger partial charge in [-0.2, -0.15) is 4.58 Å². The summed E-state index contributed by atoms with van der Waals surface area (Å²) < 4.78 is 12.7. The molecule has 0 fully saturated rings. The molecule has 0 saturated carbocycles. The van der Waals surface area contributed by atoms with Gasteiger partial charge in [0.2, 0.25) is 0 Å². The summed E-state index contributed by atoms with van der Waals surface area (Å²) in [6.07, 6.45) is 8.15. The van der Waals surface area contributed by atoms with Crippen molar-refractivity contribution in [2.75, 3.05) is 34.9 Å². The molecule has 2 aliphatic rings. The van der Waals surface area contributed by atoms with Crippen LogP contribution in [0.4, 0.5) is 0 Å². The summed E-state index contributed by atoms with van der Waals surface area (Å²) in [6.45, 7) is 0.796. The molecule has 0 radical (unpaired) electrons.